The van der Waals surface area contributed by atoms with E-state index in [0.717, 1.165) is 30.1 Å². The number of aromatic nitrogens is 2. The van der Waals surface area contributed by atoms with E-state index in [9.17, 15) is 4.79 Å². The Bertz CT molecular complexity index is 652. The molecule has 5 nitrogen and oxygen atoms in total. The summed E-state index contributed by atoms with van der Waals surface area (Å²) in [5.41, 5.74) is 6.83. The van der Waals surface area contributed by atoms with Crippen molar-refractivity contribution in [2.24, 2.45) is 11.1 Å². The maximum Gasteiger partial charge on any atom is 0.265 e. The molecule has 23 heavy (non-hydrogen) atoms. The van der Waals surface area contributed by atoms with Gasteiger partial charge in [0.2, 0.25) is 0 Å². The minimum Gasteiger partial charge on any atom is -0.337 e. The molecule has 3 heterocycles. The molecular formula is C15H20Cl2N4OS. The SMILES string of the molecule is CC1(CN)CCN(C(=O)c2cnc(-c3ccncc3)s2)C1.Cl.Cl. The van der Waals surface area contributed by atoms with Crippen molar-refractivity contribution in [3.63, 3.8) is 0 Å². The van der Waals surface area contributed by atoms with E-state index in [-0.39, 0.29) is 36.1 Å². The van der Waals surface area contributed by atoms with Gasteiger partial charge in [-0.05, 0) is 30.5 Å². The lowest BCUT2D eigenvalue weighted by molar-refractivity contribution is 0.0781. The Hall–Kier alpha value is -1.21. The molecule has 0 saturated carbocycles. The average molecular weight is 375 g/mol. The number of thiazole rings is 1. The summed E-state index contributed by atoms with van der Waals surface area (Å²) in [6.45, 7) is 4.25. The van der Waals surface area contributed by atoms with E-state index in [0.29, 0.717) is 11.4 Å². The number of hydrogen-bond donors (Lipinski definition) is 1. The number of likely N-dealkylation sites (tertiary alicyclic amines) is 1. The number of halogens is 2. The number of nitrogens with zero attached hydrogens (tertiary/aromatic N) is 3. The quantitative estimate of drug-likeness (QED) is 0.896. The van der Waals surface area contributed by atoms with Crippen LogP contribution in [0.2, 0.25) is 0 Å². The van der Waals surface area contributed by atoms with Crippen molar-refractivity contribution in [1.29, 1.82) is 0 Å². The number of rotatable bonds is 3. The van der Waals surface area contributed by atoms with Crippen molar-refractivity contribution in [3.05, 3.63) is 35.6 Å². The number of pyridine rings is 1. The highest BCUT2D eigenvalue weighted by Crippen LogP contribution is 2.31. The number of hydrogen-bond acceptors (Lipinski definition) is 5. The fourth-order valence-corrected chi connectivity index (χ4v) is 3.41. The molecule has 0 aliphatic carbocycles. The van der Waals surface area contributed by atoms with Crippen LogP contribution >= 0.6 is 36.2 Å². The molecule has 2 aromatic rings. The first-order valence-electron chi connectivity index (χ1n) is 6.97. The first-order valence-corrected chi connectivity index (χ1v) is 7.78. The zero-order valence-corrected chi connectivity index (χ0v) is 15.2. The normalized spacial score (nSPS) is 19.8. The smallest absolute Gasteiger partial charge is 0.265 e. The van der Waals surface area contributed by atoms with Gasteiger partial charge in [-0.25, -0.2) is 4.98 Å². The molecule has 1 amide bonds. The van der Waals surface area contributed by atoms with Crippen LogP contribution < -0.4 is 5.73 Å². The Balaban J connectivity index is 0.00000132. The Morgan fingerprint density at radius 1 is 1.39 bits per heavy atom. The minimum atomic E-state index is 0. The van der Waals surface area contributed by atoms with Crippen LogP contribution in [0.1, 0.15) is 23.0 Å². The van der Waals surface area contributed by atoms with E-state index in [1.807, 2.05) is 17.0 Å². The van der Waals surface area contributed by atoms with Crippen molar-refractivity contribution < 1.29 is 4.79 Å². The standard InChI is InChI=1S/C15H18N4OS.2ClH/c1-15(9-16)4-7-19(10-15)14(20)12-8-18-13(21-12)11-2-5-17-6-3-11;;/h2-3,5-6,8H,4,7,9-10,16H2,1H3;2*1H. The van der Waals surface area contributed by atoms with Crippen molar-refractivity contribution in [2.75, 3.05) is 19.6 Å². The van der Waals surface area contributed by atoms with E-state index in [4.69, 9.17) is 5.73 Å². The number of amides is 1. The van der Waals surface area contributed by atoms with Crippen LogP contribution in [-0.2, 0) is 0 Å². The molecule has 1 aliphatic heterocycles. The van der Waals surface area contributed by atoms with Crippen molar-refractivity contribution >= 4 is 42.1 Å². The van der Waals surface area contributed by atoms with Gasteiger partial charge in [0.05, 0.1) is 6.20 Å². The molecular weight excluding hydrogens is 355 g/mol. The summed E-state index contributed by atoms with van der Waals surface area (Å²) in [5.74, 6) is 0.0602. The summed E-state index contributed by atoms with van der Waals surface area (Å²) >= 11 is 1.43. The fraction of sp³-hybridized carbons (Fsp3) is 0.400. The van der Waals surface area contributed by atoms with E-state index in [1.165, 1.54) is 11.3 Å². The summed E-state index contributed by atoms with van der Waals surface area (Å²) in [6.07, 6.45) is 6.09. The van der Waals surface area contributed by atoms with E-state index < -0.39 is 0 Å². The van der Waals surface area contributed by atoms with Crippen molar-refractivity contribution in [1.82, 2.24) is 14.9 Å². The monoisotopic (exact) mass is 374 g/mol. The predicted molar refractivity (Wildman–Crippen MR) is 97.5 cm³/mol. The van der Waals surface area contributed by atoms with Gasteiger partial charge in [-0.15, -0.1) is 36.2 Å². The first kappa shape index (κ1) is 19.8. The van der Waals surface area contributed by atoms with E-state index in [2.05, 4.69) is 16.9 Å². The van der Waals surface area contributed by atoms with Crippen LogP contribution in [0.3, 0.4) is 0 Å². The maximum atomic E-state index is 12.5. The fourth-order valence-electron chi connectivity index (χ4n) is 2.52. The largest absolute Gasteiger partial charge is 0.337 e. The second-order valence-corrected chi connectivity index (χ2v) is 6.79. The first-order chi connectivity index (χ1) is 10.1. The summed E-state index contributed by atoms with van der Waals surface area (Å²) in [7, 11) is 0. The van der Waals surface area contributed by atoms with Crippen LogP contribution in [0.5, 0.6) is 0 Å². The van der Waals surface area contributed by atoms with Gasteiger partial charge in [0, 0.05) is 31.0 Å². The lowest BCUT2D eigenvalue weighted by Crippen LogP contribution is -2.34. The molecule has 1 fully saturated rings. The second-order valence-electron chi connectivity index (χ2n) is 5.76. The second kappa shape index (κ2) is 8.06. The minimum absolute atomic E-state index is 0. The van der Waals surface area contributed by atoms with Crippen LogP contribution in [0.15, 0.2) is 30.7 Å². The molecule has 1 atom stereocenters. The molecule has 8 heteroatoms. The molecule has 1 saturated heterocycles. The maximum absolute atomic E-state index is 12.5. The molecule has 2 N–H and O–H groups in total. The van der Waals surface area contributed by atoms with Crippen LogP contribution in [0, 0.1) is 5.41 Å². The zero-order valence-electron chi connectivity index (χ0n) is 12.8. The third-order valence-corrected chi connectivity index (χ3v) is 5.02. The molecule has 0 spiro atoms. The van der Waals surface area contributed by atoms with Crippen LogP contribution in [-0.4, -0.2) is 40.4 Å². The Kier molecular flexibility index (Phi) is 6.95. The summed E-state index contributed by atoms with van der Waals surface area (Å²) in [6, 6.07) is 3.79. The highest BCUT2D eigenvalue weighted by Gasteiger charge is 2.35. The van der Waals surface area contributed by atoms with Gasteiger partial charge in [-0.3, -0.25) is 9.78 Å². The molecule has 2 aromatic heterocycles. The zero-order chi connectivity index (χ0) is 14.9. The molecule has 126 valence electrons. The van der Waals surface area contributed by atoms with Gasteiger partial charge in [-0.1, -0.05) is 6.92 Å². The number of carbonyl (C=O) groups is 1. The van der Waals surface area contributed by atoms with Crippen LogP contribution in [0.25, 0.3) is 10.6 Å². The highest BCUT2D eigenvalue weighted by atomic mass is 35.5. The highest BCUT2D eigenvalue weighted by molar-refractivity contribution is 7.16. The lowest BCUT2D eigenvalue weighted by atomic mass is 9.90. The molecule has 3 rings (SSSR count). The van der Waals surface area contributed by atoms with Gasteiger partial charge in [0.25, 0.3) is 5.91 Å². The summed E-state index contributed by atoms with van der Waals surface area (Å²) in [4.78, 5) is 23.5. The van der Waals surface area contributed by atoms with Gasteiger partial charge in [0.15, 0.2) is 0 Å². The molecule has 1 aliphatic rings. The molecule has 0 aromatic carbocycles. The summed E-state index contributed by atoms with van der Waals surface area (Å²) < 4.78 is 0. The van der Waals surface area contributed by atoms with Gasteiger partial charge in [-0.2, -0.15) is 0 Å². The van der Waals surface area contributed by atoms with E-state index >= 15 is 0 Å². The van der Waals surface area contributed by atoms with Crippen LogP contribution in [0.4, 0.5) is 0 Å². The van der Waals surface area contributed by atoms with Gasteiger partial charge < -0.3 is 10.6 Å². The average Bonchev–Trinajstić information content (AvgIpc) is 3.15. The Labute approximate surface area is 152 Å². The number of carbonyl (C=O) groups excluding carboxylic acids is 1. The predicted octanol–water partition coefficient (Wildman–Crippen LogP) is 2.86. The Morgan fingerprint density at radius 3 is 2.70 bits per heavy atom. The Morgan fingerprint density at radius 2 is 2.09 bits per heavy atom. The van der Waals surface area contributed by atoms with Gasteiger partial charge >= 0.3 is 0 Å². The molecule has 1 unspecified atom stereocenters. The number of nitrogens with two attached hydrogens (primary N) is 1. The van der Waals surface area contributed by atoms with Crippen molar-refractivity contribution in [2.45, 2.75) is 13.3 Å². The van der Waals surface area contributed by atoms with Gasteiger partial charge in [0.1, 0.15) is 9.88 Å². The van der Waals surface area contributed by atoms with Crippen molar-refractivity contribution in [3.8, 4) is 10.6 Å². The molecule has 0 radical (unpaired) electrons. The molecule has 0 bridgehead atoms. The third-order valence-electron chi connectivity index (χ3n) is 3.98. The lowest BCUT2D eigenvalue weighted by Gasteiger charge is -2.22. The topological polar surface area (TPSA) is 72.1 Å². The third kappa shape index (κ3) is 4.20. The van der Waals surface area contributed by atoms with E-state index in [1.54, 1.807) is 18.6 Å². The summed E-state index contributed by atoms with van der Waals surface area (Å²) in [5, 5.41) is 0.849.